The van der Waals surface area contributed by atoms with Crippen LogP contribution in [-0.2, 0) is 6.61 Å². The van der Waals surface area contributed by atoms with Crippen molar-refractivity contribution in [1.29, 1.82) is 0 Å². The van der Waals surface area contributed by atoms with E-state index in [1.54, 1.807) is 13.2 Å². The summed E-state index contributed by atoms with van der Waals surface area (Å²) in [5, 5.41) is 0. The lowest BCUT2D eigenvalue weighted by molar-refractivity contribution is 0.293. The van der Waals surface area contributed by atoms with E-state index in [-0.39, 0.29) is 0 Å². The van der Waals surface area contributed by atoms with Gasteiger partial charge in [-0.3, -0.25) is 0 Å². The van der Waals surface area contributed by atoms with Crippen LogP contribution in [0.2, 0.25) is 0 Å². The van der Waals surface area contributed by atoms with Crippen LogP contribution in [0.3, 0.4) is 0 Å². The van der Waals surface area contributed by atoms with Crippen LogP contribution >= 0.6 is 0 Å². The highest BCUT2D eigenvalue weighted by Crippen LogP contribution is 2.10. The first-order valence-electron chi connectivity index (χ1n) is 7.35. The van der Waals surface area contributed by atoms with Gasteiger partial charge < -0.3 is 9.47 Å². The van der Waals surface area contributed by atoms with Crippen molar-refractivity contribution in [1.82, 2.24) is 15.0 Å². The summed E-state index contributed by atoms with van der Waals surface area (Å²) in [6, 6.07) is 17.1. The number of rotatable bonds is 4. The summed E-state index contributed by atoms with van der Waals surface area (Å²) in [7, 11) is 1.55. The Balaban J connectivity index is 1.70. The van der Waals surface area contributed by atoms with E-state index >= 15 is 0 Å². The topological polar surface area (TPSA) is 57.1 Å². The zero-order valence-electron chi connectivity index (χ0n) is 13.1. The molecule has 3 aromatic rings. The number of pyridine rings is 1. The van der Waals surface area contributed by atoms with E-state index in [0.717, 1.165) is 5.56 Å². The second-order valence-corrected chi connectivity index (χ2v) is 4.83. The van der Waals surface area contributed by atoms with Crippen molar-refractivity contribution in [2.24, 2.45) is 0 Å². The molecule has 0 spiro atoms. The molecule has 5 nitrogen and oxygen atoms in total. The van der Waals surface area contributed by atoms with Crippen LogP contribution in [0.5, 0.6) is 11.8 Å². The zero-order chi connectivity index (χ0) is 16.6. The third kappa shape index (κ3) is 4.31. The van der Waals surface area contributed by atoms with Gasteiger partial charge in [-0.15, -0.1) is 0 Å². The highest BCUT2D eigenvalue weighted by molar-refractivity contribution is 5.38. The summed E-state index contributed by atoms with van der Waals surface area (Å²) >= 11 is 0. The normalized spacial score (nSPS) is 9.71. The Bertz CT molecular complexity index is 870. The molecule has 0 aliphatic heterocycles. The van der Waals surface area contributed by atoms with Crippen LogP contribution < -0.4 is 9.47 Å². The third-order valence-electron chi connectivity index (χ3n) is 3.12. The van der Waals surface area contributed by atoms with Gasteiger partial charge in [0.25, 0.3) is 0 Å². The van der Waals surface area contributed by atoms with E-state index in [0.29, 0.717) is 29.8 Å². The van der Waals surface area contributed by atoms with E-state index in [4.69, 9.17) is 9.47 Å². The molecule has 0 bridgehead atoms. The molecule has 0 aliphatic carbocycles. The molecule has 0 atom stereocenters. The van der Waals surface area contributed by atoms with E-state index in [1.165, 1.54) is 6.33 Å². The highest BCUT2D eigenvalue weighted by Gasteiger charge is 1.99. The fourth-order valence-electron chi connectivity index (χ4n) is 1.94. The van der Waals surface area contributed by atoms with Crippen molar-refractivity contribution in [3.8, 4) is 23.6 Å². The standard InChI is InChI=1S/C19H15N3O2/c1-23-19-12-17(20-14-21-19)11-10-16-8-5-9-18(22-16)24-13-15-6-3-2-4-7-15/h2-9,12,14H,13H2,1H3. The van der Waals surface area contributed by atoms with E-state index < -0.39 is 0 Å². The van der Waals surface area contributed by atoms with Gasteiger partial charge in [0.05, 0.1) is 7.11 Å². The molecule has 0 radical (unpaired) electrons. The number of nitrogens with zero attached hydrogens (tertiary/aromatic N) is 3. The first-order valence-corrected chi connectivity index (χ1v) is 7.35. The molecule has 24 heavy (non-hydrogen) atoms. The Morgan fingerprint density at radius 1 is 0.875 bits per heavy atom. The van der Waals surface area contributed by atoms with Gasteiger partial charge in [0, 0.05) is 12.1 Å². The quantitative estimate of drug-likeness (QED) is 0.693. The molecule has 2 aromatic heterocycles. The largest absolute Gasteiger partial charge is 0.481 e. The van der Waals surface area contributed by atoms with E-state index in [2.05, 4.69) is 26.8 Å². The average molecular weight is 317 g/mol. The molecule has 0 saturated carbocycles. The minimum atomic E-state index is 0.466. The van der Waals surface area contributed by atoms with Crippen LogP contribution in [0.25, 0.3) is 0 Å². The molecule has 0 unspecified atom stereocenters. The summed E-state index contributed by atoms with van der Waals surface area (Å²) in [5.74, 6) is 6.91. The number of hydrogen-bond acceptors (Lipinski definition) is 5. The van der Waals surface area contributed by atoms with Crippen molar-refractivity contribution in [2.75, 3.05) is 7.11 Å². The first-order chi connectivity index (χ1) is 11.8. The molecule has 118 valence electrons. The predicted octanol–water partition coefficient (Wildman–Crippen LogP) is 2.86. The second kappa shape index (κ2) is 7.75. The lowest BCUT2D eigenvalue weighted by Gasteiger charge is -2.05. The minimum Gasteiger partial charge on any atom is -0.481 e. The number of hydrogen-bond donors (Lipinski definition) is 0. The number of benzene rings is 1. The van der Waals surface area contributed by atoms with Crippen molar-refractivity contribution in [3.63, 3.8) is 0 Å². The molecule has 0 aliphatic rings. The smallest absolute Gasteiger partial charge is 0.217 e. The predicted molar refractivity (Wildman–Crippen MR) is 89.6 cm³/mol. The van der Waals surface area contributed by atoms with Crippen LogP contribution in [-0.4, -0.2) is 22.1 Å². The molecular formula is C19H15N3O2. The number of aromatic nitrogens is 3. The highest BCUT2D eigenvalue weighted by atomic mass is 16.5. The van der Waals surface area contributed by atoms with Crippen molar-refractivity contribution in [3.05, 3.63) is 77.9 Å². The summed E-state index contributed by atoms with van der Waals surface area (Å²) in [6.45, 7) is 0.466. The SMILES string of the molecule is COc1cc(C#Cc2cccc(OCc3ccccc3)n2)ncn1. The van der Waals surface area contributed by atoms with Crippen molar-refractivity contribution >= 4 is 0 Å². The summed E-state index contributed by atoms with van der Waals surface area (Å²) in [6.07, 6.45) is 1.41. The Morgan fingerprint density at radius 2 is 1.71 bits per heavy atom. The molecule has 3 rings (SSSR count). The van der Waals surface area contributed by atoms with Gasteiger partial charge in [-0.1, -0.05) is 36.4 Å². The molecule has 2 heterocycles. The Hall–Kier alpha value is -3.39. The maximum absolute atomic E-state index is 5.70. The molecule has 0 amide bonds. The Labute approximate surface area is 140 Å². The molecule has 0 fully saturated rings. The first kappa shape index (κ1) is 15.5. The molecule has 1 aromatic carbocycles. The molecule has 5 heteroatoms. The van der Waals surface area contributed by atoms with Crippen molar-refractivity contribution < 1.29 is 9.47 Å². The number of methoxy groups -OCH3 is 1. The van der Waals surface area contributed by atoms with Gasteiger partial charge in [-0.05, 0) is 23.5 Å². The third-order valence-corrected chi connectivity index (χ3v) is 3.12. The fourth-order valence-corrected chi connectivity index (χ4v) is 1.94. The Kier molecular flexibility index (Phi) is 5.00. The van der Waals surface area contributed by atoms with Crippen LogP contribution in [0.4, 0.5) is 0 Å². The fraction of sp³-hybridized carbons (Fsp3) is 0.105. The average Bonchev–Trinajstić information content (AvgIpc) is 2.66. The number of ether oxygens (including phenoxy) is 2. The van der Waals surface area contributed by atoms with Gasteiger partial charge >= 0.3 is 0 Å². The van der Waals surface area contributed by atoms with E-state index in [1.807, 2.05) is 48.5 Å². The minimum absolute atomic E-state index is 0.466. The zero-order valence-corrected chi connectivity index (χ0v) is 13.1. The van der Waals surface area contributed by atoms with Crippen LogP contribution in [0.1, 0.15) is 17.0 Å². The monoisotopic (exact) mass is 317 g/mol. The van der Waals surface area contributed by atoms with Gasteiger partial charge in [-0.25, -0.2) is 15.0 Å². The van der Waals surface area contributed by atoms with Crippen LogP contribution in [0.15, 0.2) is 60.9 Å². The van der Waals surface area contributed by atoms with Gasteiger partial charge in [-0.2, -0.15) is 0 Å². The maximum atomic E-state index is 5.70. The van der Waals surface area contributed by atoms with Crippen LogP contribution in [0, 0.1) is 11.8 Å². The second-order valence-electron chi connectivity index (χ2n) is 4.83. The lowest BCUT2D eigenvalue weighted by Crippen LogP contribution is -1.97. The summed E-state index contributed by atoms with van der Waals surface area (Å²) in [5.41, 5.74) is 2.27. The van der Waals surface area contributed by atoms with Crippen molar-refractivity contribution in [2.45, 2.75) is 6.61 Å². The summed E-state index contributed by atoms with van der Waals surface area (Å²) < 4.78 is 10.7. The molecule has 0 saturated heterocycles. The maximum Gasteiger partial charge on any atom is 0.217 e. The Morgan fingerprint density at radius 3 is 2.54 bits per heavy atom. The van der Waals surface area contributed by atoms with E-state index in [9.17, 15) is 0 Å². The summed E-state index contributed by atoms with van der Waals surface area (Å²) in [4.78, 5) is 12.4. The van der Waals surface area contributed by atoms with Gasteiger partial charge in [0.1, 0.15) is 24.3 Å². The van der Waals surface area contributed by atoms with Gasteiger partial charge in [0.2, 0.25) is 11.8 Å². The molecule has 0 N–H and O–H groups in total. The molecular weight excluding hydrogens is 302 g/mol. The van der Waals surface area contributed by atoms with Gasteiger partial charge in [0.15, 0.2) is 0 Å². The lowest BCUT2D eigenvalue weighted by atomic mass is 10.2.